The molecule has 100 valence electrons. The molecule has 1 heterocycles. The number of hydrogen-bond acceptors (Lipinski definition) is 3. The van der Waals surface area contributed by atoms with Gasteiger partial charge in [-0.25, -0.2) is 0 Å². The van der Waals surface area contributed by atoms with E-state index in [-0.39, 0.29) is 11.2 Å². The van der Waals surface area contributed by atoms with Gasteiger partial charge in [-0.05, 0) is 55.8 Å². The molecule has 4 heteroatoms. The Morgan fingerprint density at radius 2 is 1.79 bits per heavy atom. The first-order chi connectivity index (χ1) is 9.17. The number of ether oxygens (including phenoxy) is 1. The van der Waals surface area contributed by atoms with Crippen LogP contribution < -0.4 is 16.0 Å². The second-order valence-electron chi connectivity index (χ2n) is 4.18. The van der Waals surface area contributed by atoms with E-state index in [4.69, 9.17) is 10.5 Å². The molecule has 0 atom stereocenters. The van der Waals surface area contributed by atoms with Crippen molar-refractivity contribution in [2.75, 3.05) is 12.3 Å². The average Bonchev–Trinajstić information content (AvgIpc) is 2.43. The number of rotatable bonds is 4. The minimum atomic E-state index is -0.145. The van der Waals surface area contributed by atoms with E-state index in [1.54, 1.807) is 10.6 Å². The van der Waals surface area contributed by atoms with Crippen LogP contribution in [0.2, 0.25) is 0 Å². The van der Waals surface area contributed by atoms with Crippen molar-refractivity contribution in [2.45, 2.75) is 20.4 Å². The number of nitrogens with zero attached hydrogens (tertiary/aromatic N) is 1. The molecule has 0 bridgehead atoms. The van der Waals surface area contributed by atoms with Crippen LogP contribution in [0.4, 0.5) is 5.69 Å². The van der Waals surface area contributed by atoms with E-state index < -0.39 is 0 Å². The zero-order chi connectivity index (χ0) is 13.8. The summed E-state index contributed by atoms with van der Waals surface area (Å²) in [7, 11) is 0. The van der Waals surface area contributed by atoms with Crippen LogP contribution in [-0.2, 0) is 6.54 Å². The van der Waals surface area contributed by atoms with Gasteiger partial charge < -0.3 is 15.0 Å². The van der Waals surface area contributed by atoms with E-state index in [9.17, 15) is 4.79 Å². The molecule has 0 aliphatic rings. The smallest absolute Gasteiger partial charge is 0.274 e. The minimum absolute atomic E-state index is 0.145. The molecule has 0 aliphatic carbocycles. The van der Waals surface area contributed by atoms with E-state index in [0.717, 1.165) is 17.0 Å². The van der Waals surface area contributed by atoms with E-state index in [0.29, 0.717) is 13.2 Å². The molecule has 0 spiro atoms. The van der Waals surface area contributed by atoms with Crippen LogP contribution >= 0.6 is 0 Å². The van der Waals surface area contributed by atoms with E-state index in [1.807, 2.05) is 44.2 Å². The Balaban J connectivity index is 2.47. The number of pyridine rings is 1. The van der Waals surface area contributed by atoms with Crippen molar-refractivity contribution in [3.63, 3.8) is 0 Å². The fraction of sp³-hybridized carbons (Fsp3) is 0.267. The molecular weight excluding hydrogens is 240 g/mol. The van der Waals surface area contributed by atoms with E-state index in [1.165, 1.54) is 0 Å². The van der Waals surface area contributed by atoms with E-state index in [2.05, 4.69) is 0 Å². The van der Waals surface area contributed by atoms with Crippen molar-refractivity contribution in [3.8, 4) is 17.0 Å². The van der Waals surface area contributed by atoms with Crippen LogP contribution in [0.1, 0.15) is 13.8 Å². The van der Waals surface area contributed by atoms with Crippen LogP contribution in [-0.4, -0.2) is 11.2 Å². The monoisotopic (exact) mass is 258 g/mol. The van der Waals surface area contributed by atoms with Gasteiger partial charge >= 0.3 is 0 Å². The minimum Gasteiger partial charge on any atom is -0.494 e. The van der Waals surface area contributed by atoms with Gasteiger partial charge in [-0.1, -0.05) is 0 Å². The molecule has 0 radical (unpaired) electrons. The van der Waals surface area contributed by atoms with Gasteiger partial charge in [0.2, 0.25) is 0 Å². The molecule has 0 fully saturated rings. The highest BCUT2D eigenvalue weighted by Gasteiger charge is 2.07. The predicted octanol–water partition coefficient (Wildman–Crippen LogP) is 2.52. The normalized spacial score (nSPS) is 10.4. The Hall–Kier alpha value is -2.23. The largest absolute Gasteiger partial charge is 0.494 e. The molecule has 2 N–H and O–H groups in total. The number of aromatic nitrogens is 1. The molecule has 0 saturated carbocycles. The van der Waals surface area contributed by atoms with Crippen molar-refractivity contribution in [1.29, 1.82) is 0 Å². The summed E-state index contributed by atoms with van der Waals surface area (Å²) in [4.78, 5) is 12.0. The number of nitrogen functional groups attached to an aromatic ring is 1. The first-order valence-corrected chi connectivity index (χ1v) is 6.40. The Morgan fingerprint density at radius 3 is 2.37 bits per heavy atom. The van der Waals surface area contributed by atoms with Crippen molar-refractivity contribution >= 4 is 5.69 Å². The maximum atomic E-state index is 12.0. The quantitative estimate of drug-likeness (QED) is 0.916. The molecule has 19 heavy (non-hydrogen) atoms. The van der Waals surface area contributed by atoms with Crippen LogP contribution in [0.5, 0.6) is 5.75 Å². The molecule has 2 rings (SSSR count). The van der Waals surface area contributed by atoms with Gasteiger partial charge in [0.05, 0.1) is 18.0 Å². The van der Waals surface area contributed by atoms with Crippen molar-refractivity contribution in [1.82, 2.24) is 4.57 Å². The van der Waals surface area contributed by atoms with Gasteiger partial charge in [0, 0.05) is 6.54 Å². The van der Waals surface area contributed by atoms with Gasteiger partial charge in [0.1, 0.15) is 5.75 Å². The molecule has 0 saturated heterocycles. The SMILES string of the molecule is CCOc1ccc(-c2ccc(N)c(=O)n2CC)cc1. The summed E-state index contributed by atoms with van der Waals surface area (Å²) in [6, 6.07) is 11.2. The lowest BCUT2D eigenvalue weighted by atomic mass is 10.1. The Bertz CT molecular complexity index is 615. The summed E-state index contributed by atoms with van der Waals surface area (Å²) in [6.45, 7) is 5.11. The molecule has 1 aromatic heterocycles. The summed E-state index contributed by atoms with van der Waals surface area (Å²) in [5.41, 5.74) is 7.62. The van der Waals surface area contributed by atoms with Crippen LogP contribution in [0, 0.1) is 0 Å². The van der Waals surface area contributed by atoms with Gasteiger partial charge in [-0.2, -0.15) is 0 Å². The summed E-state index contributed by atoms with van der Waals surface area (Å²) >= 11 is 0. The third-order valence-electron chi connectivity index (χ3n) is 2.98. The van der Waals surface area contributed by atoms with Crippen molar-refractivity contribution in [3.05, 3.63) is 46.8 Å². The van der Waals surface area contributed by atoms with Crippen molar-refractivity contribution < 1.29 is 4.74 Å². The predicted molar refractivity (Wildman–Crippen MR) is 77.4 cm³/mol. The topological polar surface area (TPSA) is 57.2 Å². The van der Waals surface area contributed by atoms with Gasteiger partial charge in [0.15, 0.2) is 0 Å². The molecule has 0 unspecified atom stereocenters. The zero-order valence-corrected chi connectivity index (χ0v) is 11.2. The highest BCUT2D eigenvalue weighted by Crippen LogP contribution is 2.22. The summed E-state index contributed by atoms with van der Waals surface area (Å²) < 4.78 is 7.08. The van der Waals surface area contributed by atoms with Gasteiger partial charge in [-0.3, -0.25) is 4.79 Å². The second kappa shape index (κ2) is 5.61. The zero-order valence-electron chi connectivity index (χ0n) is 11.2. The molecule has 0 amide bonds. The van der Waals surface area contributed by atoms with Crippen molar-refractivity contribution in [2.24, 2.45) is 0 Å². The Kier molecular flexibility index (Phi) is 3.90. The lowest BCUT2D eigenvalue weighted by Crippen LogP contribution is -2.23. The number of benzene rings is 1. The second-order valence-corrected chi connectivity index (χ2v) is 4.18. The standard InChI is InChI=1S/C15H18N2O2/c1-3-17-14(10-9-13(16)15(17)18)11-5-7-12(8-6-11)19-4-2/h5-10H,3-4,16H2,1-2H3. The first-order valence-electron chi connectivity index (χ1n) is 6.40. The third kappa shape index (κ3) is 2.62. The molecule has 1 aromatic carbocycles. The maximum Gasteiger partial charge on any atom is 0.274 e. The number of anilines is 1. The maximum absolute atomic E-state index is 12.0. The molecular formula is C15H18N2O2. The molecule has 0 aliphatic heterocycles. The number of hydrogen-bond donors (Lipinski definition) is 1. The average molecular weight is 258 g/mol. The van der Waals surface area contributed by atoms with Crippen LogP contribution in [0.15, 0.2) is 41.2 Å². The van der Waals surface area contributed by atoms with Gasteiger partial charge in [0.25, 0.3) is 5.56 Å². The van der Waals surface area contributed by atoms with Crippen LogP contribution in [0.25, 0.3) is 11.3 Å². The van der Waals surface area contributed by atoms with Crippen LogP contribution in [0.3, 0.4) is 0 Å². The Morgan fingerprint density at radius 1 is 1.11 bits per heavy atom. The van der Waals surface area contributed by atoms with Gasteiger partial charge in [-0.15, -0.1) is 0 Å². The van der Waals surface area contributed by atoms with E-state index >= 15 is 0 Å². The Labute approximate surface area is 112 Å². The third-order valence-corrected chi connectivity index (χ3v) is 2.98. The fourth-order valence-corrected chi connectivity index (χ4v) is 2.05. The molecule has 4 nitrogen and oxygen atoms in total. The molecule has 2 aromatic rings. The lowest BCUT2D eigenvalue weighted by molar-refractivity contribution is 0.340. The fourth-order valence-electron chi connectivity index (χ4n) is 2.05. The summed E-state index contributed by atoms with van der Waals surface area (Å²) in [6.07, 6.45) is 0. The summed E-state index contributed by atoms with van der Waals surface area (Å²) in [5, 5.41) is 0. The first kappa shape index (κ1) is 13.2. The lowest BCUT2D eigenvalue weighted by Gasteiger charge is -2.12. The summed E-state index contributed by atoms with van der Waals surface area (Å²) in [5.74, 6) is 0.826. The number of nitrogens with two attached hydrogens (primary N) is 1. The highest BCUT2D eigenvalue weighted by molar-refractivity contribution is 5.62. The highest BCUT2D eigenvalue weighted by atomic mass is 16.5.